The van der Waals surface area contributed by atoms with E-state index in [1.165, 1.54) is 11.3 Å². The van der Waals surface area contributed by atoms with E-state index < -0.39 is 0 Å². The quantitative estimate of drug-likeness (QED) is 0.750. The summed E-state index contributed by atoms with van der Waals surface area (Å²) in [4.78, 5) is 21.4. The number of amides is 1. The second-order valence-corrected chi connectivity index (χ2v) is 7.28. The number of anilines is 1. The van der Waals surface area contributed by atoms with Crippen LogP contribution in [-0.2, 0) is 4.79 Å². The summed E-state index contributed by atoms with van der Waals surface area (Å²) in [6.45, 7) is 3.69. The summed E-state index contributed by atoms with van der Waals surface area (Å²) in [5.41, 5.74) is 1.56. The highest BCUT2D eigenvalue weighted by molar-refractivity contribution is 7.14. The molecule has 7 nitrogen and oxygen atoms in total. The molecule has 1 saturated heterocycles. The number of pyridine rings is 2. The van der Waals surface area contributed by atoms with Gasteiger partial charge in [0.2, 0.25) is 5.91 Å². The van der Waals surface area contributed by atoms with Crippen LogP contribution in [0.5, 0.6) is 0 Å². The molecule has 1 aliphatic rings. The average molecular weight is 354 g/mol. The third kappa shape index (κ3) is 3.49. The fourth-order valence-electron chi connectivity index (χ4n) is 2.92. The first-order valence-corrected chi connectivity index (χ1v) is 9.09. The molecule has 0 aromatic carbocycles. The second kappa shape index (κ2) is 6.81. The predicted molar refractivity (Wildman–Crippen MR) is 97.4 cm³/mol. The van der Waals surface area contributed by atoms with Crippen molar-refractivity contribution >= 4 is 34.0 Å². The topological polar surface area (TPSA) is 92.7 Å². The summed E-state index contributed by atoms with van der Waals surface area (Å²) in [5.74, 6) is 0.612. The zero-order chi connectivity index (χ0) is 17.2. The van der Waals surface area contributed by atoms with E-state index in [2.05, 4.69) is 30.8 Å². The zero-order valence-electron chi connectivity index (χ0n) is 13.8. The third-order valence-electron chi connectivity index (χ3n) is 4.28. The molecule has 0 aliphatic carbocycles. The Balaban J connectivity index is 1.59. The van der Waals surface area contributed by atoms with Gasteiger partial charge in [0.15, 0.2) is 5.01 Å². The number of fused-ring (bicyclic) bond motifs is 1. The van der Waals surface area contributed by atoms with E-state index in [9.17, 15) is 4.79 Å². The van der Waals surface area contributed by atoms with Crippen LogP contribution in [0.2, 0.25) is 0 Å². The van der Waals surface area contributed by atoms with Crippen LogP contribution in [-0.4, -0.2) is 39.2 Å². The summed E-state index contributed by atoms with van der Waals surface area (Å²) < 4.78 is 0. The lowest BCUT2D eigenvalue weighted by Crippen LogP contribution is -2.34. The minimum atomic E-state index is 0.0317. The van der Waals surface area contributed by atoms with Crippen LogP contribution in [0, 0.1) is 12.8 Å². The van der Waals surface area contributed by atoms with Crippen molar-refractivity contribution in [2.75, 3.05) is 18.4 Å². The number of aryl methyl sites for hydroxylation is 1. The molecule has 0 unspecified atom stereocenters. The molecule has 0 atom stereocenters. The number of hydrogen-bond acceptors (Lipinski definition) is 7. The summed E-state index contributed by atoms with van der Waals surface area (Å²) in [7, 11) is 0. The van der Waals surface area contributed by atoms with Crippen molar-refractivity contribution < 1.29 is 4.79 Å². The van der Waals surface area contributed by atoms with E-state index in [-0.39, 0.29) is 11.8 Å². The van der Waals surface area contributed by atoms with Crippen LogP contribution >= 0.6 is 11.3 Å². The molecule has 0 saturated carbocycles. The predicted octanol–water partition coefficient (Wildman–Crippen LogP) is 2.39. The van der Waals surface area contributed by atoms with Crippen LogP contribution < -0.4 is 10.6 Å². The van der Waals surface area contributed by atoms with E-state index in [0.717, 1.165) is 52.5 Å². The van der Waals surface area contributed by atoms with Crippen LogP contribution in [0.25, 0.3) is 21.6 Å². The summed E-state index contributed by atoms with van der Waals surface area (Å²) >= 11 is 1.51. The molecule has 128 valence electrons. The number of nitrogens with one attached hydrogen (secondary N) is 2. The Kier molecular flexibility index (Phi) is 4.37. The molecule has 0 radical (unpaired) electrons. The highest BCUT2D eigenvalue weighted by atomic mass is 32.1. The summed E-state index contributed by atoms with van der Waals surface area (Å²) in [5, 5.41) is 17.0. The number of aromatic nitrogens is 4. The van der Waals surface area contributed by atoms with Gasteiger partial charge in [-0.1, -0.05) is 11.3 Å². The maximum Gasteiger partial charge on any atom is 0.228 e. The smallest absolute Gasteiger partial charge is 0.228 e. The first kappa shape index (κ1) is 16.0. The first-order chi connectivity index (χ1) is 12.2. The lowest BCUT2D eigenvalue weighted by atomic mass is 9.97. The Morgan fingerprint density at radius 3 is 2.88 bits per heavy atom. The highest BCUT2D eigenvalue weighted by Gasteiger charge is 2.21. The normalized spacial score (nSPS) is 15.4. The lowest BCUT2D eigenvalue weighted by molar-refractivity contribution is -0.120. The number of carbonyl (C=O) groups is 1. The third-order valence-corrected chi connectivity index (χ3v) is 5.14. The molecule has 1 fully saturated rings. The highest BCUT2D eigenvalue weighted by Crippen LogP contribution is 2.24. The van der Waals surface area contributed by atoms with Gasteiger partial charge in [-0.15, -0.1) is 10.2 Å². The Hall–Kier alpha value is -2.45. The Labute approximate surface area is 148 Å². The van der Waals surface area contributed by atoms with Crippen molar-refractivity contribution in [3.05, 3.63) is 29.4 Å². The van der Waals surface area contributed by atoms with Gasteiger partial charge in [0.1, 0.15) is 16.5 Å². The maximum atomic E-state index is 12.4. The van der Waals surface area contributed by atoms with Crippen molar-refractivity contribution in [3.8, 4) is 10.7 Å². The standard InChI is InChI=1S/C17H18N6OS/c1-10-22-23-17(25-10)13-3-2-12-9-19-15(8-14(12)20-13)21-16(24)11-4-6-18-7-5-11/h2-3,8-9,11,18H,4-7H2,1H3,(H,19,21,24). The molecule has 0 bridgehead atoms. The van der Waals surface area contributed by atoms with Crippen LogP contribution in [0.3, 0.4) is 0 Å². The van der Waals surface area contributed by atoms with Crippen LogP contribution in [0.15, 0.2) is 24.4 Å². The number of nitrogens with zero attached hydrogens (tertiary/aromatic N) is 4. The molecule has 4 rings (SSSR count). The molecule has 25 heavy (non-hydrogen) atoms. The van der Waals surface area contributed by atoms with Gasteiger partial charge in [-0.05, 0) is 45.0 Å². The molecule has 4 heterocycles. The minimum Gasteiger partial charge on any atom is -0.317 e. The number of rotatable bonds is 3. The number of hydrogen-bond donors (Lipinski definition) is 2. The molecular formula is C17H18N6OS. The van der Waals surface area contributed by atoms with E-state index >= 15 is 0 Å². The van der Waals surface area contributed by atoms with Crippen LogP contribution in [0.4, 0.5) is 5.82 Å². The molecule has 8 heteroatoms. The molecule has 2 N–H and O–H groups in total. The van der Waals surface area contributed by atoms with Crippen molar-refractivity contribution in [2.45, 2.75) is 19.8 Å². The van der Waals surface area contributed by atoms with Gasteiger partial charge in [-0.2, -0.15) is 0 Å². The number of carbonyl (C=O) groups excluding carboxylic acids is 1. The van der Waals surface area contributed by atoms with Gasteiger partial charge in [-0.25, -0.2) is 9.97 Å². The number of piperidine rings is 1. The Morgan fingerprint density at radius 1 is 1.28 bits per heavy atom. The van der Waals surface area contributed by atoms with Gasteiger partial charge in [0.25, 0.3) is 0 Å². The lowest BCUT2D eigenvalue weighted by Gasteiger charge is -2.21. The largest absolute Gasteiger partial charge is 0.317 e. The molecule has 0 spiro atoms. The van der Waals surface area contributed by atoms with Crippen LogP contribution in [0.1, 0.15) is 17.8 Å². The van der Waals surface area contributed by atoms with Gasteiger partial charge >= 0.3 is 0 Å². The van der Waals surface area contributed by atoms with E-state index in [1.54, 1.807) is 6.20 Å². The van der Waals surface area contributed by atoms with Gasteiger partial charge in [-0.3, -0.25) is 4.79 Å². The average Bonchev–Trinajstić information content (AvgIpc) is 3.08. The van der Waals surface area contributed by atoms with Gasteiger partial charge in [0, 0.05) is 23.6 Å². The molecular weight excluding hydrogens is 336 g/mol. The summed E-state index contributed by atoms with van der Waals surface area (Å²) in [6, 6.07) is 5.68. The molecule has 1 amide bonds. The monoisotopic (exact) mass is 354 g/mol. The van der Waals surface area contributed by atoms with Crippen molar-refractivity contribution in [2.24, 2.45) is 5.92 Å². The maximum absolute atomic E-state index is 12.4. The molecule has 1 aliphatic heterocycles. The molecule has 3 aromatic heterocycles. The Bertz CT molecular complexity index is 918. The Morgan fingerprint density at radius 2 is 2.12 bits per heavy atom. The van der Waals surface area contributed by atoms with Crippen molar-refractivity contribution in [1.82, 2.24) is 25.5 Å². The zero-order valence-corrected chi connectivity index (χ0v) is 14.6. The summed E-state index contributed by atoms with van der Waals surface area (Å²) in [6.07, 6.45) is 3.45. The fraction of sp³-hybridized carbons (Fsp3) is 0.353. The molecule has 3 aromatic rings. The fourth-order valence-corrected chi connectivity index (χ4v) is 3.58. The van der Waals surface area contributed by atoms with E-state index in [1.807, 2.05) is 25.1 Å². The van der Waals surface area contributed by atoms with E-state index in [0.29, 0.717) is 5.82 Å². The first-order valence-electron chi connectivity index (χ1n) is 8.28. The van der Waals surface area contributed by atoms with Crippen molar-refractivity contribution in [1.29, 1.82) is 0 Å². The van der Waals surface area contributed by atoms with Gasteiger partial charge in [0.05, 0.1) is 5.52 Å². The second-order valence-electron chi connectivity index (χ2n) is 6.10. The minimum absolute atomic E-state index is 0.0317. The van der Waals surface area contributed by atoms with Gasteiger partial charge < -0.3 is 10.6 Å². The van der Waals surface area contributed by atoms with Crippen molar-refractivity contribution in [3.63, 3.8) is 0 Å². The van der Waals surface area contributed by atoms with E-state index in [4.69, 9.17) is 0 Å². The SMILES string of the molecule is Cc1nnc(-c2ccc3cnc(NC(=O)C4CCNCC4)cc3n2)s1.